The molecule has 1 aromatic carbocycles. The molecule has 0 aliphatic heterocycles. The molecule has 17 heavy (non-hydrogen) atoms. The van der Waals surface area contributed by atoms with Crippen LogP contribution < -0.4 is 5.11 Å². The molecular weight excluding hydrogens is 311 g/mol. The second-order valence-corrected chi connectivity index (χ2v) is 6.71. The molecule has 1 radical (unpaired) electrons. The van der Waals surface area contributed by atoms with Crippen LogP contribution in [0.1, 0.15) is 52.7 Å². The predicted octanol–water partition coefficient (Wildman–Crippen LogP) is 4.01. The number of hydrogen-bond donors (Lipinski definition) is 0. The summed E-state index contributed by atoms with van der Waals surface area (Å²) in [6.07, 6.45) is 0. The van der Waals surface area contributed by atoms with Crippen molar-refractivity contribution in [2.75, 3.05) is 0 Å². The van der Waals surface area contributed by atoms with Crippen molar-refractivity contribution in [2.24, 2.45) is 0 Å². The molecule has 0 atom stereocenters. The Hall–Kier alpha value is 0.193. The minimum absolute atomic E-state index is 0. The van der Waals surface area contributed by atoms with E-state index in [1.807, 2.05) is 0 Å². The van der Waals surface area contributed by atoms with Crippen molar-refractivity contribution in [3.63, 3.8) is 0 Å². The van der Waals surface area contributed by atoms with E-state index in [1.165, 1.54) is 0 Å². The summed E-state index contributed by atoms with van der Waals surface area (Å²) in [6, 6.07) is 3.71. The fraction of sp³-hybridized carbons (Fsp3) is 0.571. The maximum absolute atomic E-state index is 11.8. The monoisotopic (exact) mass is 329 g/mol. The van der Waals surface area contributed by atoms with Gasteiger partial charge >= 0.3 is 26.2 Å². The number of benzene rings is 1. The zero-order chi connectivity index (χ0) is 12.7. The molecule has 1 nitrogen and oxygen atoms in total. The Labute approximate surface area is 129 Å². The molecule has 0 heterocycles. The summed E-state index contributed by atoms with van der Waals surface area (Å²) in [5.41, 5.74) is 1.86. The SMILES string of the molecule is CC(C)(C)c1cc([O-])c(Cl)c(C(C)(C)C)c1.[Zr+]. The van der Waals surface area contributed by atoms with Gasteiger partial charge in [0.15, 0.2) is 0 Å². The Morgan fingerprint density at radius 1 is 0.941 bits per heavy atom. The third-order valence-corrected chi connectivity index (χ3v) is 3.10. The van der Waals surface area contributed by atoms with Gasteiger partial charge in [0.25, 0.3) is 0 Å². The van der Waals surface area contributed by atoms with Crippen molar-refractivity contribution in [1.29, 1.82) is 0 Å². The van der Waals surface area contributed by atoms with Gasteiger partial charge in [0, 0.05) is 5.02 Å². The summed E-state index contributed by atoms with van der Waals surface area (Å²) in [6.45, 7) is 12.5. The van der Waals surface area contributed by atoms with E-state index >= 15 is 0 Å². The Morgan fingerprint density at radius 3 is 1.76 bits per heavy atom. The van der Waals surface area contributed by atoms with E-state index in [0.29, 0.717) is 5.02 Å². The first-order valence-corrected chi connectivity index (χ1v) is 5.93. The molecule has 0 saturated heterocycles. The first-order chi connectivity index (χ1) is 7.03. The normalized spacial score (nSPS) is 12.2. The Morgan fingerprint density at radius 2 is 1.41 bits per heavy atom. The van der Waals surface area contributed by atoms with Gasteiger partial charge in [0.1, 0.15) is 0 Å². The minimum atomic E-state index is -0.0997. The fourth-order valence-corrected chi connectivity index (χ4v) is 1.97. The van der Waals surface area contributed by atoms with Crippen molar-refractivity contribution in [2.45, 2.75) is 52.4 Å². The van der Waals surface area contributed by atoms with Gasteiger partial charge in [-0.2, -0.15) is 0 Å². The van der Waals surface area contributed by atoms with Crippen LogP contribution in [0.15, 0.2) is 12.1 Å². The van der Waals surface area contributed by atoms with Crippen LogP contribution in [-0.4, -0.2) is 0 Å². The molecule has 0 unspecified atom stereocenters. The van der Waals surface area contributed by atoms with Crippen LogP contribution in [0.4, 0.5) is 0 Å². The molecule has 3 heteroatoms. The maximum Gasteiger partial charge on any atom is 1.00 e. The Balaban J connectivity index is 0.00000256. The quantitative estimate of drug-likeness (QED) is 0.705. The molecule has 1 rings (SSSR count). The smallest absolute Gasteiger partial charge is 0.871 e. The van der Waals surface area contributed by atoms with E-state index in [0.717, 1.165) is 11.1 Å². The fourth-order valence-electron chi connectivity index (χ4n) is 1.58. The molecule has 0 aromatic heterocycles. The zero-order valence-corrected chi connectivity index (χ0v) is 14.7. The molecule has 0 spiro atoms. The average molecular weight is 331 g/mol. The first-order valence-electron chi connectivity index (χ1n) is 5.55. The topological polar surface area (TPSA) is 23.1 Å². The Kier molecular flexibility index (Phi) is 5.51. The summed E-state index contributed by atoms with van der Waals surface area (Å²) in [5.74, 6) is -0.0704. The second-order valence-electron chi connectivity index (χ2n) is 6.34. The Bertz CT molecular complexity index is 400. The van der Waals surface area contributed by atoms with Crippen LogP contribution >= 0.6 is 11.6 Å². The number of halogens is 1. The van der Waals surface area contributed by atoms with Gasteiger partial charge in [-0.15, -0.1) is 0 Å². The molecule has 0 aliphatic carbocycles. The van der Waals surface area contributed by atoms with Crippen molar-refractivity contribution in [3.8, 4) is 5.75 Å². The largest absolute Gasteiger partial charge is 1.00 e. The molecule has 0 amide bonds. The van der Waals surface area contributed by atoms with Crippen molar-refractivity contribution in [3.05, 3.63) is 28.3 Å². The van der Waals surface area contributed by atoms with Crippen LogP contribution in [0.3, 0.4) is 0 Å². The second kappa shape index (κ2) is 5.45. The summed E-state index contributed by atoms with van der Waals surface area (Å²) >= 11 is 6.09. The van der Waals surface area contributed by atoms with E-state index in [4.69, 9.17) is 11.6 Å². The molecule has 0 aliphatic rings. The molecule has 0 fully saturated rings. The summed E-state index contributed by atoms with van der Waals surface area (Å²) in [4.78, 5) is 0. The van der Waals surface area contributed by atoms with Gasteiger partial charge in [-0.25, -0.2) is 0 Å². The van der Waals surface area contributed by atoms with Crippen LogP contribution in [-0.2, 0) is 37.0 Å². The van der Waals surface area contributed by atoms with E-state index in [1.54, 1.807) is 6.07 Å². The van der Waals surface area contributed by atoms with Gasteiger partial charge in [-0.1, -0.05) is 71.0 Å². The molecule has 0 bridgehead atoms. The van der Waals surface area contributed by atoms with E-state index in [-0.39, 0.29) is 42.8 Å². The molecule has 0 saturated carbocycles. The average Bonchev–Trinajstić information content (AvgIpc) is 2.05. The first kappa shape index (κ1) is 17.2. The van der Waals surface area contributed by atoms with Crippen molar-refractivity contribution >= 4 is 11.6 Å². The predicted molar refractivity (Wildman–Crippen MR) is 68.3 cm³/mol. The van der Waals surface area contributed by atoms with Gasteiger partial charge in [0.05, 0.1) is 0 Å². The standard InChI is InChI=1S/C14H21ClO.Zr/c1-13(2,3)9-7-10(14(4,5)6)12(15)11(16)8-9;/h7-8,16H,1-6H3;/q;+1/p-1. The van der Waals surface area contributed by atoms with E-state index < -0.39 is 0 Å². The van der Waals surface area contributed by atoms with Crippen LogP contribution in [0.2, 0.25) is 5.02 Å². The molecule has 0 N–H and O–H groups in total. The van der Waals surface area contributed by atoms with E-state index in [9.17, 15) is 5.11 Å². The van der Waals surface area contributed by atoms with E-state index in [2.05, 4.69) is 47.6 Å². The minimum Gasteiger partial charge on any atom is -0.871 e. The van der Waals surface area contributed by atoms with Gasteiger partial charge < -0.3 is 5.11 Å². The molecule has 1 aromatic rings. The van der Waals surface area contributed by atoms with Gasteiger partial charge in [0.2, 0.25) is 0 Å². The molecular formula is C14H20ClOZr. The van der Waals surface area contributed by atoms with Crippen molar-refractivity contribution < 1.29 is 31.3 Å². The third kappa shape index (κ3) is 4.10. The van der Waals surface area contributed by atoms with Crippen molar-refractivity contribution in [1.82, 2.24) is 0 Å². The zero-order valence-electron chi connectivity index (χ0n) is 11.4. The number of rotatable bonds is 0. The summed E-state index contributed by atoms with van der Waals surface area (Å²) in [7, 11) is 0. The van der Waals surface area contributed by atoms with Crippen LogP contribution in [0, 0.1) is 0 Å². The van der Waals surface area contributed by atoms with Crippen LogP contribution in [0.5, 0.6) is 5.75 Å². The third-order valence-electron chi connectivity index (χ3n) is 2.71. The van der Waals surface area contributed by atoms with Gasteiger partial charge in [-0.05, 0) is 22.0 Å². The number of hydrogen-bond acceptors (Lipinski definition) is 1. The van der Waals surface area contributed by atoms with Crippen LogP contribution in [0.25, 0.3) is 0 Å². The molecule has 93 valence electrons. The van der Waals surface area contributed by atoms with Gasteiger partial charge in [-0.3, -0.25) is 0 Å². The summed E-state index contributed by atoms with van der Waals surface area (Å²) in [5, 5.41) is 12.2. The maximum atomic E-state index is 11.8. The summed E-state index contributed by atoms with van der Waals surface area (Å²) < 4.78 is 0.